The lowest BCUT2D eigenvalue weighted by Gasteiger charge is -2.18. The molecule has 0 spiro atoms. The minimum absolute atomic E-state index is 0.0175. The molecule has 0 aliphatic rings. The van der Waals surface area contributed by atoms with Crippen LogP contribution in [0.25, 0.3) is 0 Å². The van der Waals surface area contributed by atoms with Crippen LogP contribution in [0.4, 0.5) is 0 Å². The highest BCUT2D eigenvalue weighted by Gasteiger charge is 2.21. The van der Waals surface area contributed by atoms with Crippen LogP contribution in [0, 0.1) is 6.92 Å². The van der Waals surface area contributed by atoms with E-state index in [0.29, 0.717) is 32.5 Å². The SMILES string of the molecule is CCN(CC)S(=O)(=O)c1ccc(CCC(=O)N(C)Cc2ccc(C)o2)cc1. The van der Waals surface area contributed by atoms with E-state index in [-0.39, 0.29) is 10.8 Å². The number of hydrogen-bond acceptors (Lipinski definition) is 4. The molecule has 6 nitrogen and oxygen atoms in total. The topological polar surface area (TPSA) is 70.8 Å². The molecule has 0 N–H and O–H groups in total. The van der Waals surface area contributed by atoms with Crippen molar-refractivity contribution in [1.29, 1.82) is 0 Å². The molecule has 0 bridgehead atoms. The molecule has 1 heterocycles. The van der Waals surface area contributed by atoms with Gasteiger partial charge < -0.3 is 9.32 Å². The van der Waals surface area contributed by atoms with Crippen LogP contribution in [-0.2, 0) is 27.8 Å². The summed E-state index contributed by atoms with van der Waals surface area (Å²) in [7, 11) is -1.70. The normalized spacial score (nSPS) is 11.7. The van der Waals surface area contributed by atoms with Gasteiger partial charge in [0.15, 0.2) is 0 Å². The first kappa shape index (κ1) is 21.2. The predicted octanol–water partition coefficient (Wildman–Crippen LogP) is 3.21. The quantitative estimate of drug-likeness (QED) is 0.657. The van der Waals surface area contributed by atoms with E-state index in [1.54, 1.807) is 36.2 Å². The van der Waals surface area contributed by atoms with Crippen molar-refractivity contribution in [2.75, 3.05) is 20.1 Å². The van der Waals surface area contributed by atoms with E-state index in [0.717, 1.165) is 17.1 Å². The minimum atomic E-state index is -3.45. The first-order valence-corrected chi connectivity index (χ1v) is 10.6. The summed E-state index contributed by atoms with van der Waals surface area (Å²) < 4.78 is 31.9. The standard InChI is InChI=1S/C20H28N2O4S/c1-5-22(6-2)27(24,25)19-12-8-17(9-13-19)10-14-20(23)21(4)15-18-11-7-16(3)26-18/h7-9,11-13H,5-6,10,14-15H2,1-4H3. The van der Waals surface area contributed by atoms with E-state index in [9.17, 15) is 13.2 Å². The average molecular weight is 393 g/mol. The Balaban J connectivity index is 1.93. The third-order valence-corrected chi connectivity index (χ3v) is 6.57. The zero-order chi connectivity index (χ0) is 20.0. The molecule has 0 aliphatic heterocycles. The molecule has 0 unspecified atom stereocenters. The van der Waals surface area contributed by atoms with Crippen molar-refractivity contribution in [2.24, 2.45) is 0 Å². The number of benzene rings is 1. The van der Waals surface area contributed by atoms with Gasteiger partial charge in [0.2, 0.25) is 15.9 Å². The maximum absolute atomic E-state index is 12.5. The van der Waals surface area contributed by atoms with Crippen molar-refractivity contribution in [3.8, 4) is 0 Å². The van der Waals surface area contributed by atoms with E-state index in [4.69, 9.17) is 4.42 Å². The van der Waals surface area contributed by atoms with Crippen LogP contribution in [0.1, 0.15) is 37.4 Å². The van der Waals surface area contributed by atoms with Gasteiger partial charge in [-0.05, 0) is 43.2 Å². The smallest absolute Gasteiger partial charge is 0.243 e. The van der Waals surface area contributed by atoms with Crippen LogP contribution in [0.5, 0.6) is 0 Å². The van der Waals surface area contributed by atoms with Gasteiger partial charge in [-0.2, -0.15) is 4.31 Å². The lowest BCUT2D eigenvalue weighted by Crippen LogP contribution is -2.30. The molecule has 1 aromatic carbocycles. The van der Waals surface area contributed by atoms with Crippen molar-refractivity contribution >= 4 is 15.9 Å². The van der Waals surface area contributed by atoms with Gasteiger partial charge in [-0.25, -0.2) is 8.42 Å². The van der Waals surface area contributed by atoms with Gasteiger partial charge in [0.05, 0.1) is 11.4 Å². The van der Waals surface area contributed by atoms with Gasteiger partial charge in [0.25, 0.3) is 0 Å². The molecular weight excluding hydrogens is 364 g/mol. The van der Waals surface area contributed by atoms with Gasteiger partial charge in [-0.15, -0.1) is 0 Å². The number of hydrogen-bond donors (Lipinski definition) is 0. The monoisotopic (exact) mass is 392 g/mol. The van der Waals surface area contributed by atoms with E-state index in [2.05, 4.69) is 0 Å². The van der Waals surface area contributed by atoms with Gasteiger partial charge >= 0.3 is 0 Å². The summed E-state index contributed by atoms with van der Waals surface area (Å²) in [6.07, 6.45) is 0.921. The second kappa shape index (κ2) is 9.19. The fourth-order valence-electron chi connectivity index (χ4n) is 2.87. The fourth-order valence-corrected chi connectivity index (χ4v) is 4.33. The maximum Gasteiger partial charge on any atom is 0.243 e. The van der Waals surface area contributed by atoms with Crippen molar-refractivity contribution in [3.05, 3.63) is 53.5 Å². The zero-order valence-corrected chi connectivity index (χ0v) is 17.3. The van der Waals surface area contributed by atoms with Crippen LogP contribution in [0.15, 0.2) is 45.7 Å². The number of amides is 1. The Kier molecular flexibility index (Phi) is 7.21. The maximum atomic E-state index is 12.5. The summed E-state index contributed by atoms with van der Waals surface area (Å²) in [5, 5.41) is 0. The second-order valence-electron chi connectivity index (χ2n) is 6.50. The molecule has 0 fully saturated rings. The largest absolute Gasteiger partial charge is 0.464 e. The Morgan fingerprint density at radius 2 is 1.67 bits per heavy atom. The zero-order valence-electron chi connectivity index (χ0n) is 16.4. The molecule has 1 aromatic heterocycles. The number of carbonyl (C=O) groups excluding carboxylic acids is 1. The van der Waals surface area contributed by atoms with E-state index in [1.165, 1.54) is 4.31 Å². The van der Waals surface area contributed by atoms with Gasteiger partial charge in [0, 0.05) is 26.6 Å². The fraction of sp³-hybridized carbons (Fsp3) is 0.450. The Morgan fingerprint density at radius 3 is 2.19 bits per heavy atom. The third-order valence-electron chi connectivity index (χ3n) is 4.51. The molecule has 27 heavy (non-hydrogen) atoms. The number of furan rings is 1. The first-order chi connectivity index (χ1) is 12.8. The highest BCUT2D eigenvalue weighted by Crippen LogP contribution is 2.17. The molecule has 2 rings (SSSR count). The second-order valence-corrected chi connectivity index (χ2v) is 8.43. The molecule has 0 radical (unpaired) electrons. The Bertz CT molecular complexity index is 852. The number of aryl methyl sites for hydroxylation is 2. The van der Waals surface area contributed by atoms with E-state index >= 15 is 0 Å². The van der Waals surface area contributed by atoms with Gasteiger partial charge in [-0.3, -0.25) is 4.79 Å². The molecule has 0 atom stereocenters. The summed E-state index contributed by atoms with van der Waals surface area (Å²) in [6.45, 7) is 6.83. The van der Waals surface area contributed by atoms with Gasteiger partial charge in [-0.1, -0.05) is 26.0 Å². The van der Waals surface area contributed by atoms with Crippen LogP contribution in [-0.4, -0.2) is 43.7 Å². The molecule has 1 amide bonds. The third kappa shape index (κ3) is 5.43. The molecule has 0 aliphatic carbocycles. The molecule has 0 saturated heterocycles. The van der Waals surface area contributed by atoms with Crippen molar-refractivity contribution in [1.82, 2.24) is 9.21 Å². The summed E-state index contributed by atoms with van der Waals surface area (Å²) in [4.78, 5) is 14.2. The summed E-state index contributed by atoms with van der Waals surface area (Å²) >= 11 is 0. The summed E-state index contributed by atoms with van der Waals surface area (Å²) in [5.74, 6) is 1.60. The average Bonchev–Trinajstić information content (AvgIpc) is 3.05. The number of sulfonamides is 1. The molecule has 7 heteroatoms. The summed E-state index contributed by atoms with van der Waals surface area (Å²) in [5.41, 5.74) is 0.934. The highest BCUT2D eigenvalue weighted by atomic mass is 32.2. The minimum Gasteiger partial charge on any atom is -0.464 e. The van der Waals surface area contributed by atoms with Crippen LogP contribution in [0.2, 0.25) is 0 Å². The lowest BCUT2D eigenvalue weighted by molar-refractivity contribution is -0.130. The number of carbonyl (C=O) groups is 1. The van der Waals surface area contributed by atoms with Crippen molar-refractivity contribution in [3.63, 3.8) is 0 Å². The first-order valence-electron chi connectivity index (χ1n) is 9.16. The highest BCUT2D eigenvalue weighted by molar-refractivity contribution is 7.89. The molecular formula is C20H28N2O4S. The van der Waals surface area contributed by atoms with Crippen molar-refractivity contribution < 1.29 is 17.6 Å². The van der Waals surface area contributed by atoms with Gasteiger partial charge in [0.1, 0.15) is 11.5 Å². The lowest BCUT2D eigenvalue weighted by atomic mass is 10.1. The molecule has 148 valence electrons. The van der Waals surface area contributed by atoms with E-state index < -0.39 is 10.0 Å². The Labute approximate surface area is 161 Å². The van der Waals surface area contributed by atoms with Crippen molar-refractivity contribution in [2.45, 2.75) is 45.1 Å². The molecule has 2 aromatic rings. The van der Waals surface area contributed by atoms with Crippen LogP contribution >= 0.6 is 0 Å². The summed E-state index contributed by atoms with van der Waals surface area (Å²) in [6, 6.07) is 10.5. The Morgan fingerprint density at radius 1 is 1.04 bits per heavy atom. The van der Waals surface area contributed by atoms with E-state index in [1.807, 2.05) is 32.9 Å². The molecule has 0 saturated carbocycles. The predicted molar refractivity (Wildman–Crippen MR) is 105 cm³/mol. The van der Waals surface area contributed by atoms with Crippen LogP contribution < -0.4 is 0 Å². The number of nitrogens with zero attached hydrogens (tertiary/aromatic N) is 2. The number of rotatable bonds is 9. The van der Waals surface area contributed by atoms with Crippen LogP contribution in [0.3, 0.4) is 0 Å². The Hall–Kier alpha value is -2.12.